The molecular weight excluding hydrogens is 200 g/mol. The van der Waals surface area contributed by atoms with E-state index in [2.05, 4.69) is 17.2 Å². The van der Waals surface area contributed by atoms with E-state index in [0.29, 0.717) is 6.10 Å². The van der Waals surface area contributed by atoms with E-state index in [1.807, 2.05) is 12.1 Å². The highest BCUT2D eigenvalue weighted by Gasteiger charge is 2.14. The first-order chi connectivity index (χ1) is 7.88. The molecule has 2 rings (SSSR count). The Kier molecular flexibility index (Phi) is 4.03. The molecule has 0 atom stereocenters. The number of nitrogens with one attached hydrogen (secondary N) is 1. The molecule has 0 aliphatic heterocycles. The summed E-state index contributed by atoms with van der Waals surface area (Å²) in [6.07, 6.45) is 8.56. The normalized spacial score (nSPS) is 17.1. The van der Waals surface area contributed by atoms with Crippen LogP contribution in [0.4, 0.5) is 5.82 Å². The summed E-state index contributed by atoms with van der Waals surface area (Å²) in [6, 6.07) is 3.92. The van der Waals surface area contributed by atoms with E-state index in [1.165, 1.54) is 32.1 Å². The van der Waals surface area contributed by atoms with Crippen LogP contribution in [-0.2, 0) is 0 Å². The van der Waals surface area contributed by atoms with E-state index in [4.69, 9.17) is 4.74 Å². The number of nitrogens with zero attached hydrogens (tertiary/aromatic N) is 1. The number of hydrogen-bond donors (Lipinski definition) is 1. The molecule has 1 N–H and O–H groups in total. The first-order valence-electron chi connectivity index (χ1n) is 6.25. The van der Waals surface area contributed by atoms with Crippen molar-refractivity contribution in [2.24, 2.45) is 0 Å². The Morgan fingerprint density at radius 3 is 2.94 bits per heavy atom. The quantitative estimate of drug-likeness (QED) is 0.846. The van der Waals surface area contributed by atoms with E-state index >= 15 is 0 Å². The maximum Gasteiger partial charge on any atom is 0.129 e. The van der Waals surface area contributed by atoms with Crippen LogP contribution in [0.5, 0.6) is 5.75 Å². The van der Waals surface area contributed by atoms with Crippen molar-refractivity contribution in [3.63, 3.8) is 0 Å². The van der Waals surface area contributed by atoms with Gasteiger partial charge in [0.1, 0.15) is 11.6 Å². The van der Waals surface area contributed by atoms with Crippen molar-refractivity contribution in [3.8, 4) is 5.75 Å². The second-order valence-electron chi connectivity index (χ2n) is 4.28. The molecule has 1 aromatic heterocycles. The van der Waals surface area contributed by atoms with Gasteiger partial charge in [-0.25, -0.2) is 4.98 Å². The van der Waals surface area contributed by atoms with Crippen molar-refractivity contribution in [1.29, 1.82) is 0 Å². The van der Waals surface area contributed by atoms with Gasteiger partial charge in [0.05, 0.1) is 6.10 Å². The smallest absolute Gasteiger partial charge is 0.129 e. The van der Waals surface area contributed by atoms with Gasteiger partial charge in [-0.1, -0.05) is 6.42 Å². The Bertz CT molecular complexity index is 321. The van der Waals surface area contributed by atoms with Gasteiger partial charge in [-0.15, -0.1) is 0 Å². The third kappa shape index (κ3) is 3.12. The molecule has 1 aliphatic carbocycles. The number of anilines is 1. The number of pyridine rings is 1. The number of aromatic nitrogens is 1. The zero-order valence-electron chi connectivity index (χ0n) is 9.91. The fraction of sp³-hybridized carbons (Fsp3) is 0.615. The van der Waals surface area contributed by atoms with Gasteiger partial charge in [0.15, 0.2) is 0 Å². The summed E-state index contributed by atoms with van der Waals surface area (Å²) in [6.45, 7) is 2.95. The van der Waals surface area contributed by atoms with Crippen LogP contribution in [0.2, 0.25) is 0 Å². The van der Waals surface area contributed by atoms with E-state index in [-0.39, 0.29) is 0 Å². The topological polar surface area (TPSA) is 34.1 Å². The summed E-state index contributed by atoms with van der Waals surface area (Å²) in [5, 5.41) is 3.19. The molecule has 1 aliphatic rings. The Labute approximate surface area is 97.2 Å². The maximum atomic E-state index is 5.96. The summed E-state index contributed by atoms with van der Waals surface area (Å²) < 4.78 is 5.96. The van der Waals surface area contributed by atoms with Crippen LogP contribution in [0.1, 0.15) is 39.0 Å². The molecule has 0 saturated heterocycles. The predicted octanol–water partition coefficient (Wildman–Crippen LogP) is 3.22. The first kappa shape index (κ1) is 11.2. The highest BCUT2D eigenvalue weighted by molar-refractivity contribution is 5.40. The molecule has 0 spiro atoms. The molecule has 0 aromatic carbocycles. The molecule has 1 heterocycles. The summed E-state index contributed by atoms with van der Waals surface area (Å²) >= 11 is 0. The first-order valence-corrected chi connectivity index (χ1v) is 6.25. The fourth-order valence-corrected chi connectivity index (χ4v) is 2.14. The Balaban J connectivity index is 1.94. The van der Waals surface area contributed by atoms with Crippen LogP contribution in [0.25, 0.3) is 0 Å². The molecule has 88 valence electrons. The zero-order chi connectivity index (χ0) is 11.2. The number of hydrogen-bond acceptors (Lipinski definition) is 3. The predicted molar refractivity (Wildman–Crippen MR) is 65.9 cm³/mol. The highest BCUT2D eigenvalue weighted by Crippen LogP contribution is 2.24. The molecule has 0 radical (unpaired) electrons. The second kappa shape index (κ2) is 5.73. The monoisotopic (exact) mass is 220 g/mol. The molecule has 0 bridgehead atoms. The van der Waals surface area contributed by atoms with E-state index < -0.39 is 0 Å². The largest absolute Gasteiger partial charge is 0.490 e. The Morgan fingerprint density at radius 2 is 2.19 bits per heavy atom. The Morgan fingerprint density at radius 1 is 1.38 bits per heavy atom. The van der Waals surface area contributed by atoms with Gasteiger partial charge < -0.3 is 10.1 Å². The molecule has 3 nitrogen and oxygen atoms in total. The van der Waals surface area contributed by atoms with Crippen molar-refractivity contribution in [2.45, 2.75) is 45.1 Å². The molecule has 0 unspecified atom stereocenters. The number of rotatable bonds is 4. The third-order valence-electron chi connectivity index (χ3n) is 2.94. The summed E-state index contributed by atoms with van der Waals surface area (Å²) in [7, 11) is 0. The van der Waals surface area contributed by atoms with Gasteiger partial charge in [-0.2, -0.15) is 0 Å². The number of ether oxygens (including phenoxy) is 1. The van der Waals surface area contributed by atoms with Crippen molar-refractivity contribution in [2.75, 3.05) is 11.9 Å². The van der Waals surface area contributed by atoms with Gasteiger partial charge in [-0.05, 0) is 38.7 Å². The second-order valence-corrected chi connectivity index (χ2v) is 4.28. The maximum absolute atomic E-state index is 5.96. The van der Waals surface area contributed by atoms with Gasteiger partial charge >= 0.3 is 0 Å². The van der Waals surface area contributed by atoms with Crippen LogP contribution in [0.3, 0.4) is 0 Å². The van der Waals surface area contributed by atoms with Crippen LogP contribution in [0.15, 0.2) is 18.3 Å². The highest BCUT2D eigenvalue weighted by atomic mass is 16.5. The molecule has 1 saturated carbocycles. The third-order valence-corrected chi connectivity index (χ3v) is 2.94. The minimum Gasteiger partial charge on any atom is -0.490 e. The molecule has 16 heavy (non-hydrogen) atoms. The molecule has 1 aromatic rings. The lowest BCUT2D eigenvalue weighted by atomic mass is 9.98. The van der Waals surface area contributed by atoms with Crippen molar-refractivity contribution < 1.29 is 4.74 Å². The lowest BCUT2D eigenvalue weighted by Crippen LogP contribution is -2.19. The summed E-state index contributed by atoms with van der Waals surface area (Å²) in [5.41, 5.74) is 0. The van der Waals surface area contributed by atoms with Crippen LogP contribution in [0, 0.1) is 0 Å². The molecular formula is C13H20N2O. The van der Waals surface area contributed by atoms with Gasteiger partial charge in [-0.3, -0.25) is 0 Å². The van der Waals surface area contributed by atoms with Crippen LogP contribution in [-0.4, -0.2) is 17.6 Å². The van der Waals surface area contributed by atoms with Crippen molar-refractivity contribution >= 4 is 5.82 Å². The van der Waals surface area contributed by atoms with Crippen molar-refractivity contribution in [1.82, 2.24) is 4.98 Å². The SMILES string of the molecule is CCNc1cc(OC2CCCCC2)ccn1. The van der Waals surface area contributed by atoms with E-state index in [0.717, 1.165) is 18.1 Å². The lowest BCUT2D eigenvalue weighted by Gasteiger charge is -2.23. The lowest BCUT2D eigenvalue weighted by molar-refractivity contribution is 0.155. The zero-order valence-corrected chi connectivity index (χ0v) is 9.91. The van der Waals surface area contributed by atoms with E-state index in [1.54, 1.807) is 6.20 Å². The standard InChI is InChI=1S/C13H20N2O/c1-2-14-13-10-12(8-9-15-13)16-11-6-4-3-5-7-11/h8-11H,2-7H2,1H3,(H,14,15). The van der Waals surface area contributed by atoms with Gasteiger partial charge in [0.25, 0.3) is 0 Å². The van der Waals surface area contributed by atoms with Crippen LogP contribution >= 0.6 is 0 Å². The summed E-state index contributed by atoms with van der Waals surface area (Å²) in [4.78, 5) is 4.23. The molecule has 3 heteroatoms. The fourth-order valence-electron chi connectivity index (χ4n) is 2.14. The van der Waals surface area contributed by atoms with E-state index in [9.17, 15) is 0 Å². The minimum absolute atomic E-state index is 0.408. The minimum atomic E-state index is 0.408. The molecule has 1 fully saturated rings. The average molecular weight is 220 g/mol. The average Bonchev–Trinajstić information content (AvgIpc) is 2.31. The summed E-state index contributed by atoms with van der Waals surface area (Å²) in [5.74, 6) is 1.84. The van der Waals surface area contributed by atoms with Gasteiger partial charge in [0, 0.05) is 18.8 Å². The molecule has 0 amide bonds. The Hall–Kier alpha value is -1.25. The van der Waals surface area contributed by atoms with Gasteiger partial charge in [0.2, 0.25) is 0 Å². The van der Waals surface area contributed by atoms with Crippen LogP contribution < -0.4 is 10.1 Å². The van der Waals surface area contributed by atoms with Crippen molar-refractivity contribution in [3.05, 3.63) is 18.3 Å².